The van der Waals surface area contributed by atoms with E-state index < -0.39 is 0 Å². The van der Waals surface area contributed by atoms with Crippen LogP contribution in [0.15, 0.2) is 0 Å². The fraction of sp³-hybridized carbons (Fsp3) is 1.00. The first-order chi connectivity index (χ1) is 6.86. The first-order valence-electron chi connectivity index (χ1n) is 6.32. The number of rotatable bonds is 3. The Morgan fingerprint density at radius 2 is 1.57 bits per heavy atom. The van der Waals surface area contributed by atoms with Crippen LogP contribution in [0.3, 0.4) is 0 Å². The lowest BCUT2D eigenvalue weighted by molar-refractivity contribution is 0.101. The molecular weight excluding hydrogens is 172 g/mol. The van der Waals surface area contributed by atoms with Crippen molar-refractivity contribution in [3.8, 4) is 0 Å². The van der Waals surface area contributed by atoms with E-state index >= 15 is 0 Å². The molecule has 2 saturated heterocycles. The first-order valence-corrected chi connectivity index (χ1v) is 6.32. The highest BCUT2D eigenvalue weighted by atomic mass is 15.2. The second-order valence-electron chi connectivity index (χ2n) is 5.60. The number of nitrogens with two attached hydrogens (primary N) is 1. The zero-order valence-electron chi connectivity index (χ0n) is 8.99. The van der Waals surface area contributed by atoms with Crippen molar-refractivity contribution in [3.63, 3.8) is 0 Å². The van der Waals surface area contributed by atoms with Gasteiger partial charge in [0, 0.05) is 18.6 Å². The molecule has 2 heteroatoms. The van der Waals surface area contributed by atoms with Gasteiger partial charge in [0.1, 0.15) is 0 Å². The molecule has 0 amide bonds. The van der Waals surface area contributed by atoms with Crippen molar-refractivity contribution < 1.29 is 0 Å². The highest BCUT2D eigenvalue weighted by Crippen LogP contribution is 2.41. The lowest BCUT2D eigenvalue weighted by Crippen LogP contribution is -2.45. The summed E-state index contributed by atoms with van der Waals surface area (Å²) in [6.07, 6.45) is 8.67. The van der Waals surface area contributed by atoms with Crippen LogP contribution >= 0.6 is 0 Å². The molecule has 1 aliphatic carbocycles. The van der Waals surface area contributed by atoms with Crippen molar-refractivity contribution in [3.05, 3.63) is 0 Å². The van der Waals surface area contributed by atoms with Crippen LogP contribution in [0.1, 0.15) is 38.5 Å². The van der Waals surface area contributed by atoms with Gasteiger partial charge in [-0.3, -0.25) is 4.90 Å². The molecule has 0 unspecified atom stereocenters. The predicted molar refractivity (Wildman–Crippen MR) is 58.0 cm³/mol. The number of hydrogen-bond acceptors (Lipinski definition) is 2. The smallest absolute Gasteiger partial charge is 0.0102 e. The first kappa shape index (κ1) is 9.17. The highest BCUT2D eigenvalue weighted by Gasteiger charge is 2.41. The Hall–Kier alpha value is -0.0800. The van der Waals surface area contributed by atoms with E-state index in [1.807, 2.05) is 0 Å². The average Bonchev–Trinajstić information content (AvgIpc) is 2.95. The quantitative estimate of drug-likeness (QED) is 0.739. The number of nitrogens with zero attached hydrogens (tertiary/aromatic N) is 1. The molecule has 2 nitrogen and oxygen atoms in total. The van der Waals surface area contributed by atoms with E-state index in [-0.39, 0.29) is 0 Å². The minimum absolute atomic E-state index is 0.836. The molecule has 2 atom stereocenters. The lowest BCUT2D eigenvalue weighted by Gasteiger charge is -2.38. The molecule has 0 radical (unpaired) electrons. The molecule has 1 saturated carbocycles. The minimum atomic E-state index is 0.836. The molecule has 80 valence electrons. The Morgan fingerprint density at radius 1 is 0.929 bits per heavy atom. The summed E-state index contributed by atoms with van der Waals surface area (Å²) in [5, 5.41) is 0. The SMILES string of the molecule is NCC1C[C@@H]2CC[C@@H](C1)N2CC1CC1. The van der Waals surface area contributed by atoms with Gasteiger partial charge in [-0.1, -0.05) is 0 Å². The molecule has 0 aromatic rings. The molecule has 2 N–H and O–H groups in total. The third-order valence-corrected chi connectivity index (χ3v) is 4.48. The van der Waals surface area contributed by atoms with Crippen LogP contribution in [0.2, 0.25) is 0 Å². The predicted octanol–water partition coefficient (Wildman–Crippen LogP) is 1.60. The van der Waals surface area contributed by atoms with Gasteiger partial charge in [-0.05, 0) is 56.9 Å². The normalized spacial score (nSPS) is 43.1. The summed E-state index contributed by atoms with van der Waals surface area (Å²) in [6.45, 7) is 2.33. The maximum atomic E-state index is 5.80. The van der Waals surface area contributed by atoms with Crippen molar-refractivity contribution >= 4 is 0 Å². The maximum Gasteiger partial charge on any atom is 0.0102 e. The second kappa shape index (κ2) is 3.49. The van der Waals surface area contributed by atoms with Gasteiger partial charge in [-0.25, -0.2) is 0 Å². The van der Waals surface area contributed by atoms with Crippen molar-refractivity contribution in [2.24, 2.45) is 17.6 Å². The molecule has 0 aromatic carbocycles. The monoisotopic (exact) mass is 194 g/mol. The third kappa shape index (κ3) is 1.59. The zero-order valence-corrected chi connectivity index (χ0v) is 8.99. The van der Waals surface area contributed by atoms with Gasteiger partial charge < -0.3 is 5.73 Å². The van der Waals surface area contributed by atoms with Gasteiger partial charge in [-0.2, -0.15) is 0 Å². The topological polar surface area (TPSA) is 29.3 Å². The third-order valence-electron chi connectivity index (χ3n) is 4.48. The molecule has 3 fully saturated rings. The van der Waals surface area contributed by atoms with Crippen LogP contribution in [0.5, 0.6) is 0 Å². The summed E-state index contributed by atoms with van der Waals surface area (Å²) >= 11 is 0. The van der Waals surface area contributed by atoms with E-state index in [2.05, 4.69) is 4.90 Å². The van der Waals surface area contributed by atoms with Crippen LogP contribution < -0.4 is 5.73 Å². The second-order valence-corrected chi connectivity index (χ2v) is 5.60. The molecule has 3 aliphatic rings. The molecule has 2 aliphatic heterocycles. The summed E-state index contributed by atoms with van der Waals surface area (Å²) in [6, 6.07) is 1.81. The summed E-state index contributed by atoms with van der Waals surface area (Å²) < 4.78 is 0. The highest BCUT2D eigenvalue weighted by molar-refractivity contribution is 4.97. The Balaban J connectivity index is 1.64. The molecule has 14 heavy (non-hydrogen) atoms. The zero-order chi connectivity index (χ0) is 9.54. The molecule has 0 spiro atoms. The standard InChI is InChI=1S/C12H22N2/c13-7-10-5-11-3-4-12(6-10)14(11)8-9-1-2-9/h9-12H,1-8,13H2/t11-,12-/m0/s1. The van der Waals surface area contributed by atoms with Crippen molar-refractivity contribution in [1.29, 1.82) is 0 Å². The fourth-order valence-electron chi connectivity index (χ4n) is 3.48. The number of piperidine rings is 1. The Labute approximate surface area is 86.8 Å². The van der Waals surface area contributed by atoms with Gasteiger partial charge in [0.15, 0.2) is 0 Å². The van der Waals surface area contributed by atoms with Crippen LogP contribution in [-0.2, 0) is 0 Å². The molecule has 2 bridgehead atoms. The Morgan fingerprint density at radius 3 is 2.07 bits per heavy atom. The van der Waals surface area contributed by atoms with Crippen molar-refractivity contribution in [1.82, 2.24) is 4.90 Å². The van der Waals surface area contributed by atoms with Gasteiger partial charge in [0.05, 0.1) is 0 Å². The van der Waals surface area contributed by atoms with E-state index in [0.29, 0.717) is 0 Å². The van der Waals surface area contributed by atoms with Gasteiger partial charge in [0.2, 0.25) is 0 Å². The van der Waals surface area contributed by atoms with Crippen LogP contribution in [0, 0.1) is 11.8 Å². The van der Waals surface area contributed by atoms with Crippen molar-refractivity contribution in [2.45, 2.75) is 50.6 Å². The summed E-state index contributed by atoms with van der Waals surface area (Å²) in [4.78, 5) is 2.82. The molecule has 0 aromatic heterocycles. The van der Waals surface area contributed by atoms with E-state index in [0.717, 1.165) is 30.5 Å². The van der Waals surface area contributed by atoms with Crippen LogP contribution in [0.4, 0.5) is 0 Å². The maximum absolute atomic E-state index is 5.80. The Kier molecular flexibility index (Phi) is 2.29. The van der Waals surface area contributed by atoms with Gasteiger partial charge >= 0.3 is 0 Å². The van der Waals surface area contributed by atoms with E-state index in [1.165, 1.54) is 45.1 Å². The Bertz CT molecular complexity index is 198. The fourth-order valence-corrected chi connectivity index (χ4v) is 3.48. The number of fused-ring (bicyclic) bond motifs is 2. The molecule has 3 rings (SSSR count). The average molecular weight is 194 g/mol. The van der Waals surface area contributed by atoms with E-state index in [4.69, 9.17) is 5.73 Å². The lowest BCUT2D eigenvalue weighted by atomic mass is 9.90. The van der Waals surface area contributed by atoms with E-state index in [9.17, 15) is 0 Å². The summed E-state index contributed by atoms with van der Waals surface area (Å²) in [7, 11) is 0. The summed E-state index contributed by atoms with van der Waals surface area (Å²) in [5.74, 6) is 1.90. The number of hydrogen-bond donors (Lipinski definition) is 1. The van der Waals surface area contributed by atoms with Crippen LogP contribution in [-0.4, -0.2) is 30.1 Å². The van der Waals surface area contributed by atoms with Crippen molar-refractivity contribution in [2.75, 3.05) is 13.1 Å². The van der Waals surface area contributed by atoms with Gasteiger partial charge in [-0.15, -0.1) is 0 Å². The van der Waals surface area contributed by atoms with Crippen LogP contribution in [0.25, 0.3) is 0 Å². The summed E-state index contributed by atoms with van der Waals surface area (Å²) in [5.41, 5.74) is 5.80. The molecular formula is C12H22N2. The molecule has 2 heterocycles. The van der Waals surface area contributed by atoms with Gasteiger partial charge in [0.25, 0.3) is 0 Å². The largest absolute Gasteiger partial charge is 0.330 e. The van der Waals surface area contributed by atoms with E-state index in [1.54, 1.807) is 0 Å². The minimum Gasteiger partial charge on any atom is -0.330 e.